The van der Waals surface area contributed by atoms with Crippen molar-refractivity contribution in [2.75, 3.05) is 46.5 Å². The van der Waals surface area contributed by atoms with Crippen LogP contribution >= 0.6 is 0 Å². The maximum Gasteiger partial charge on any atom is 0.282 e. The number of hydrogen-bond acceptors (Lipinski definition) is 7. The van der Waals surface area contributed by atoms with Crippen molar-refractivity contribution in [3.05, 3.63) is 51.8 Å². The van der Waals surface area contributed by atoms with E-state index in [4.69, 9.17) is 18.9 Å². The summed E-state index contributed by atoms with van der Waals surface area (Å²) in [6.45, 7) is 3.38. The van der Waals surface area contributed by atoms with Crippen molar-refractivity contribution in [1.82, 2.24) is 9.97 Å². The summed E-state index contributed by atoms with van der Waals surface area (Å²) in [6, 6.07) is 9.55. The molecule has 3 aromatic rings. The summed E-state index contributed by atoms with van der Waals surface area (Å²) in [7, 11) is 6.63. The fourth-order valence-corrected chi connectivity index (χ4v) is 3.36. The molecule has 0 aliphatic carbocycles. The minimum atomic E-state index is -0.319. The molecule has 0 radical (unpaired) electrons. The van der Waals surface area contributed by atoms with Crippen molar-refractivity contribution < 1.29 is 18.9 Å². The van der Waals surface area contributed by atoms with Gasteiger partial charge in [0, 0.05) is 32.3 Å². The summed E-state index contributed by atoms with van der Waals surface area (Å²) in [5, 5.41) is 0.485. The largest absolute Gasteiger partial charge is 0.493 e. The quantitative estimate of drug-likeness (QED) is 0.540. The van der Waals surface area contributed by atoms with Crippen LogP contribution < -0.4 is 24.7 Å². The first-order valence-corrected chi connectivity index (χ1v) is 9.56. The third kappa shape index (κ3) is 4.49. The topological polar surface area (TPSA) is 85.9 Å². The predicted octanol–water partition coefficient (Wildman–Crippen LogP) is 2.91. The Hall–Kier alpha value is -3.26. The first-order valence-electron chi connectivity index (χ1n) is 9.56. The Balaban J connectivity index is 1.89. The van der Waals surface area contributed by atoms with E-state index in [1.165, 1.54) is 0 Å². The van der Waals surface area contributed by atoms with Crippen LogP contribution in [0.5, 0.6) is 17.2 Å². The summed E-state index contributed by atoms with van der Waals surface area (Å²) in [4.78, 5) is 22.1. The van der Waals surface area contributed by atoms with Crippen LogP contribution in [0.2, 0.25) is 0 Å². The molecule has 30 heavy (non-hydrogen) atoms. The molecule has 0 spiro atoms. The molecule has 2 aromatic carbocycles. The molecule has 0 aliphatic rings. The zero-order valence-corrected chi connectivity index (χ0v) is 17.9. The zero-order chi connectivity index (χ0) is 21.7. The maximum absolute atomic E-state index is 12.8. The number of hydrogen-bond donors (Lipinski definition) is 1. The number of nitrogens with one attached hydrogen (secondary N) is 1. The van der Waals surface area contributed by atoms with Gasteiger partial charge in [0.15, 0.2) is 11.5 Å². The highest BCUT2D eigenvalue weighted by molar-refractivity contribution is 5.86. The molecule has 0 unspecified atom stereocenters. The average Bonchev–Trinajstić information content (AvgIpc) is 2.73. The normalized spacial score (nSPS) is 10.8. The number of rotatable bonds is 9. The molecule has 1 aromatic heterocycles. The smallest absolute Gasteiger partial charge is 0.282 e. The van der Waals surface area contributed by atoms with E-state index in [-0.39, 0.29) is 5.56 Å². The predicted molar refractivity (Wildman–Crippen MR) is 116 cm³/mol. The van der Waals surface area contributed by atoms with Gasteiger partial charge in [-0.05, 0) is 24.6 Å². The molecule has 1 N–H and O–H groups in total. The molecule has 0 saturated carbocycles. The number of aromatic nitrogens is 2. The Labute approximate surface area is 175 Å². The van der Waals surface area contributed by atoms with Gasteiger partial charge in [-0.25, -0.2) is 0 Å². The number of ether oxygens (including phenoxy) is 4. The minimum Gasteiger partial charge on any atom is -0.493 e. The Morgan fingerprint density at radius 2 is 1.90 bits per heavy atom. The highest BCUT2D eigenvalue weighted by Crippen LogP contribution is 2.35. The molecule has 0 fully saturated rings. The van der Waals surface area contributed by atoms with Crippen LogP contribution in [0.1, 0.15) is 11.1 Å². The lowest BCUT2D eigenvalue weighted by Gasteiger charge is -2.19. The highest BCUT2D eigenvalue weighted by Gasteiger charge is 2.17. The second-order valence-electron chi connectivity index (χ2n) is 6.87. The van der Waals surface area contributed by atoms with Gasteiger partial charge in [0.25, 0.3) is 5.56 Å². The van der Waals surface area contributed by atoms with Crippen LogP contribution in [-0.2, 0) is 11.3 Å². The van der Waals surface area contributed by atoms with Crippen molar-refractivity contribution in [3.8, 4) is 17.2 Å². The van der Waals surface area contributed by atoms with E-state index in [1.54, 1.807) is 27.4 Å². The Bertz CT molecular complexity index is 1080. The molecule has 0 atom stereocenters. The number of benzene rings is 2. The number of aromatic amines is 1. The van der Waals surface area contributed by atoms with Crippen molar-refractivity contribution >= 4 is 16.9 Å². The molecule has 1 heterocycles. The molecular weight excluding hydrogens is 386 g/mol. The molecule has 160 valence electrons. The van der Waals surface area contributed by atoms with Gasteiger partial charge in [0.05, 0.1) is 31.7 Å². The van der Waals surface area contributed by atoms with Crippen molar-refractivity contribution in [2.24, 2.45) is 0 Å². The molecule has 0 amide bonds. The van der Waals surface area contributed by atoms with Crippen molar-refractivity contribution in [3.63, 3.8) is 0 Å². The number of fused-ring (bicyclic) bond motifs is 1. The molecule has 3 rings (SSSR count). The van der Waals surface area contributed by atoms with Crippen LogP contribution in [0.15, 0.2) is 35.1 Å². The number of methoxy groups -OCH3 is 3. The van der Waals surface area contributed by atoms with E-state index >= 15 is 0 Å². The number of aryl methyl sites for hydroxylation is 1. The van der Waals surface area contributed by atoms with Gasteiger partial charge in [-0.3, -0.25) is 4.79 Å². The first kappa shape index (κ1) is 21.4. The molecular formula is C22H27N3O5. The second kappa shape index (κ2) is 9.49. The molecule has 8 nitrogen and oxygen atoms in total. The summed E-state index contributed by atoms with van der Waals surface area (Å²) in [5.74, 6) is 2.32. The van der Waals surface area contributed by atoms with Gasteiger partial charge in [-0.1, -0.05) is 12.1 Å². The van der Waals surface area contributed by atoms with Crippen molar-refractivity contribution in [2.45, 2.75) is 13.5 Å². The average molecular weight is 413 g/mol. The molecule has 8 heteroatoms. The van der Waals surface area contributed by atoms with Crippen LogP contribution in [-0.4, -0.2) is 51.6 Å². The van der Waals surface area contributed by atoms with Crippen LogP contribution in [0.3, 0.4) is 0 Å². The fourth-order valence-electron chi connectivity index (χ4n) is 3.36. The summed E-state index contributed by atoms with van der Waals surface area (Å²) < 4.78 is 21.5. The molecule has 0 saturated heterocycles. The van der Waals surface area contributed by atoms with E-state index in [1.807, 2.05) is 43.1 Å². The molecule has 0 bridgehead atoms. The summed E-state index contributed by atoms with van der Waals surface area (Å²) >= 11 is 0. The van der Waals surface area contributed by atoms with Gasteiger partial charge in [0.2, 0.25) is 5.95 Å². The van der Waals surface area contributed by atoms with Crippen LogP contribution in [0.4, 0.5) is 5.95 Å². The van der Waals surface area contributed by atoms with Gasteiger partial charge >= 0.3 is 0 Å². The van der Waals surface area contributed by atoms with Crippen LogP contribution in [0, 0.1) is 6.92 Å². The minimum absolute atomic E-state index is 0.319. The zero-order valence-electron chi connectivity index (χ0n) is 17.9. The summed E-state index contributed by atoms with van der Waals surface area (Å²) in [6.07, 6.45) is 0. The molecule has 0 aliphatic heterocycles. The van der Waals surface area contributed by atoms with Gasteiger partial charge < -0.3 is 28.8 Å². The van der Waals surface area contributed by atoms with Crippen LogP contribution in [0.25, 0.3) is 10.9 Å². The number of H-pyrrole nitrogens is 1. The maximum atomic E-state index is 12.8. The lowest BCUT2D eigenvalue weighted by atomic mass is 10.1. The SMILES string of the molecule is COCCOc1cccc(CN(C)c2nc(=O)c3c(C)c(OC)c(OC)cc3[nH]2)c1. The van der Waals surface area contributed by atoms with Gasteiger partial charge in [-0.2, -0.15) is 4.98 Å². The third-order valence-electron chi connectivity index (χ3n) is 4.81. The lowest BCUT2D eigenvalue weighted by molar-refractivity contribution is 0.146. The Morgan fingerprint density at radius 3 is 2.60 bits per heavy atom. The number of anilines is 1. The Morgan fingerprint density at radius 1 is 1.10 bits per heavy atom. The first-order chi connectivity index (χ1) is 14.5. The third-order valence-corrected chi connectivity index (χ3v) is 4.81. The van der Waals surface area contributed by atoms with E-state index in [9.17, 15) is 4.79 Å². The van der Waals surface area contributed by atoms with Crippen molar-refractivity contribution in [1.29, 1.82) is 0 Å². The second-order valence-corrected chi connectivity index (χ2v) is 6.87. The highest BCUT2D eigenvalue weighted by atomic mass is 16.5. The van der Waals surface area contributed by atoms with Gasteiger partial charge in [-0.15, -0.1) is 0 Å². The monoisotopic (exact) mass is 413 g/mol. The standard InChI is InChI=1S/C22H27N3O5/c1-14-19-17(12-18(28-4)20(14)29-5)23-22(24-21(19)26)25(2)13-15-7-6-8-16(11-15)30-10-9-27-3/h6-8,11-12H,9-10,13H2,1-5H3,(H,23,24,26). The van der Waals surface area contributed by atoms with E-state index in [2.05, 4.69) is 9.97 Å². The van der Waals surface area contributed by atoms with E-state index < -0.39 is 0 Å². The lowest BCUT2D eigenvalue weighted by Crippen LogP contribution is -2.23. The fraction of sp³-hybridized carbons (Fsp3) is 0.364. The van der Waals surface area contributed by atoms with Gasteiger partial charge in [0.1, 0.15) is 12.4 Å². The summed E-state index contributed by atoms with van der Waals surface area (Å²) in [5.41, 5.74) is 2.04. The number of nitrogens with zero attached hydrogens (tertiary/aromatic N) is 2. The Kier molecular flexibility index (Phi) is 6.79. The van der Waals surface area contributed by atoms with E-state index in [0.29, 0.717) is 53.7 Å². The van der Waals surface area contributed by atoms with E-state index in [0.717, 1.165) is 11.3 Å².